The van der Waals surface area contributed by atoms with E-state index in [1.54, 1.807) is 35.0 Å². The molecule has 0 aliphatic rings. The number of alkyl halides is 15. The number of hydrogen-bond donors (Lipinski definition) is 0. The molecule has 0 aliphatic carbocycles. The van der Waals surface area contributed by atoms with E-state index < -0.39 is 121 Å². The summed E-state index contributed by atoms with van der Waals surface area (Å²) in [5, 5.41) is -28.3. The predicted octanol–water partition coefficient (Wildman–Crippen LogP) is 17.4. The minimum absolute atomic E-state index is 0.0256. The van der Waals surface area contributed by atoms with Gasteiger partial charge in [-0.05, 0) is 245 Å². The van der Waals surface area contributed by atoms with E-state index in [4.69, 9.17) is 23.7 Å². The zero-order chi connectivity index (χ0) is 102. The topological polar surface area (TPSA) is 387 Å². The van der Waals surface area contributed by atoms with Crippen molar-refractivity contribution in [2.45, 2.75) is 189 Å². The van der Waals surface area contributed by atoms with Gasteiger partial charge in [0.1, 0.15) is 44.3 Å². The van der Waals surface area contributed by atoms with E-state index in [2.05, 4.69) is 98.7 Å². The number of ether oxygens (including phenoxy) is 5. The Hall–Kier alpha value is -7.64. The highest BCUT2D eigenvalue weighted by Crippen LogP contribution is 2.54. The van der Waals surface area contributed by atoms with E-state index in [0.29, 0.717) is 70.2 Å². The Morgan fingerprint density at radius 3 is 0.887 bits per heavy atom. The molecule has 0 aliphatic heterocycles. The zero-order valence-corrected chi connectivity index (χ0v) is 82.3. The molecule has 0 N–H and O–H groups in total. The second-order valence-electron chi connectivity index (χ2n) is 27.8. The molecule has 0 spiro atoms. The molecule has 0 fully saturated rings. The third kappa shape index (κ3) is 40.1. The van der Waals surface area contributed by atoms with Gasteiger partial charge in [-0.3, -0.25) is 0 Å². The van der Waals surface area contributed by atoms with Gasteiger partial charge in [-0.15, -0.1) is 0 Å². The maximum Gasteiger partial charge on any atom is 0.480 e. The molecule has 0 saturated carbocycles. The first kappa shape index (κ1) is 123. The van der Waals surface area contributed by atoms with Gasteiger partial charge in [0.05, 0.1) is 54.3 Å². The van der Waals surface area contributed by atoms with Crippen LogP contribution in [-0.2, 0) is 132 Å². The molecule has 0 radical (unpaired) electrons. The lowest BCUT2D eigenvalue weighted by Gasteiger charge is -2.35. The smallest absolute Gasteiger partial charge is 0.480 e. The van der Waals surface area contributed by atoms with Crippen molar-refractivity contribution in [2.75, 3.05) is 45.5 Å². The molecule has 4 atom stereocenters. The highest BCUT2D eigenvalue weighted by Gasteiger charge is 2.83. The first-order valence-corrected chi connectivity index (χ1v) is 51.1. The van der Waals surface area contributed by atoms with Crippen LogP contribution in [0, 0.1) is 0 Å². The molecule has 4 unspecified atom stereocenters. The highest BCUT2D eigenvalue weighted by atomic mass is 32.3. The van der Waals surface area contributed by atoms with Gasteiger partial charge >= 0.3 is 58.6 Å². The molecule has 25 nitrogen and oxygen atoms in total. The van der Waals surface area contributed by atoms with Gasteiger partial charge in [0.25, 0.3) is 0 Å². The number of methoxy groups -OCH3 is 2. The van der Waals surface area contributed by atoms with Crippen molar-refractivity contribution < 1.29 is 170 Å². The average molecular weight is 2120 g/mol. The van der Waals surface area contributed by atoms with Gasteiger partial charge in [0.2, 0.25) is 0 Å². The molecule has 0 bridgehead atoms. The van der Waals surface area contributed by atoms with Crippen LogP contribution in [0.1, 0.15) is 152 Å². The minimum atomic E-state index is -7.96. The maximum absolute atomic E-state index is 14.0. The number of hydrogen-bond acceptors (Lipinski definition) is 24. The van der Waals surface area contributed by atoms with Crippen molar-refractivity contribution in [3.8, 4) is 34.5 Å². The summed E-state index contributed by atoms with van der Waals surface area (Å²) in [7, 11) is -41.7. The number of benzene rings is 8. The Balaban J connectivity index is 0.000000799. The predicted molar refractivity (Wildman–Crippen MR) is 484 cm³/mol. The van der Waals surface area contributed by atoms with Crippen LogP contribution < -0.4 is 27.3 Å². The van der Waals surface area contributed by atoms with E-state index in [-0.39, 0.29) is 49.4 Å². The summed E-state index contributed by atoms with van der Waals surface area (Å²) in [6, 6.07) is 56.7. The second kappa shape index (κ2) is 54.5. The van der Waals surface area contributed by atoms with E-state index in [1.807, 2.05) is 153 Å². The number of nitrogens with zero attached hydrogens (tertiary/aromatic N) is 1. The molecular weight excluding hydrogens is 2020 g/mol. The molecule has 51 heteroatoms. The molecule has 133 heavy (non-hydrogen) atoms. The third-order valence-electron chi connectivity index (χ3n) is 17.8. The second-order valence-corrected chi connectivity index (χ2v) is 41.2. The van der Waals surface area contributed by atoms with Crippen LogP contribution in [-0.4, -0.2) is 157 Å². The highest BCUT2D eigenvalue weighted by molar-refractivity contribution is 8.13. The Morgan fingerprint density at radius 2 is 0.639 bits per heavy atom. The van der Waals surface area contributed by atoms with Crippen molar-refractivity contribution in [1.82, 2.24) is 0 Å². The van der Waals surface area contributed by atoms with E-state index in [9.17, 15) is 138 Å². The Morgan fingerprint density at radius 1 is 0.346 bits per heavy atom. The van der Waals surface area contributed by atoms with Gasteiger partial charge in [0, 0.05) is 30.2 Å². The molecule has 8 aromatic carbocycles. The fraction of sp³-hybridized carbons (Fsp3) is 0.415. The first-order valence-electron chi connectivity index (χ1n) is 38.8. The number of halogens is 15. The van der Waals surface area contributed by atoms with Gasteiger partial charge in [-0.2, -0.15) is 82.7 Å². The molecule has 0 saturated heterocycles. The van der Waals surface area contributed by atoms with Crippen LogP contribution in [0.4, 0.5) is 65.9 Å². The maximum atomic E-state index is 14.0. The van der Waals surface area contributed by atoms with Crippen molar-refractivity contribution in [2.24, 2.45) is 0 Å². The number of rotatable bonds is 37. The summed E-state index contributed by atoms with van der Waals surface area (Å²) in [6.07, 6.45) is 3.82. The molecule has 750 valence electrons. The lowest BCUT2D eigenvalue weighted by molar-refractivity contribution is -0.247. The van der Waals surface area contributed by atoms with Gasteiger partial charge in [-0.1, -0.05) is 146 Å². The van der Waals surface area contributed by atoms with Crippen LogP contribution in [0.15, 0.2) is 220 Å². The summed E-state index contributed by atoms with van der Waals surface area (Å²) < 4.78 is 416. The zero-order valence-electron chi connectivity index (χ0n) is 72.6. The third-order valence-corrected chi connectivity index (χ3v) is 27.2. The van der Waals surface area contributed by atoms with Crippen LogP contribution in [0.5, 0.6) is 34.5 Å². The Kier molecular flexibility index (Phi) is 50.5. The lowest BCUT2D eigenvalue weighted by Crippen LogP contribution is -2.61. The van der Waals surface area contributed by atoms with Crippen LogP contribution in [0.3, 0.4) is 0 Å². The monoisotopic (exact) mass is 2120 g/mol. The normalized spacial score (nSPS) is 13.3. The quantitative estimate of drug-likeness (QED) is 0.0115. The SMILES string of the molecule is CCC(C)c1ccc(OCCCS(=O)(=O)[O-])cc1.CCC(C)c1ccc(OCCCS(=O)(=O)[O-])cc1.CCC(C)c1ccc(OS(=O)(=O)C(F)(F)C(F)(F)C(F)(F)S(=O)(=O)[N-]S(=O)(=O)C(F)(F)F)cc1.CCC(C)c1ccc(OS(=O)(=O)C(F)(F)C(F)(F)C(F)(F)S(=O)(=O)[O-])cc1.CCOCc1ccc([SH2+])cc1.COc1cccc([SH2+])c1.COc1cccc([SH2+])c1.[SH2+]c1ccccc1. The van der Waals surface area contributed by atoms with Gasteiger partial charge in [0.15, 0.2) is 40.0 Å². The minimum Gasteiger partial charge on any atom is -0.748 e. The van der Waals surface area contributed by atoms with Crippen molar-refractivity contribution in [3.63, 3.8) is 0 Å². The fourth-order valence-corrected chi connectivity index (χ4v) is 15.7. The summed E-state index contributed by atoms with van der Waals surface area (Å²) in [6.45, 7) is 19.6. The van der Waals surface area contributed by atoms with E-state index >= 15 is 0 Å². The molecule has 0 amide bonds. The molecule has 8 aromatic rings. The van der Waals surface area contributed by atoms with E-state index in [0.717, 1.165) is 74.8 Å². The first-order chi connectivity index (χ1) is 61.0. The number of sulfonamides is 2. The van der Waals surface area contributed by atoms with Crippen molar-refractivity contribution in [3.05, 3.63) is 232 Å². The molecule has 0 aromatic heterocycles. The van der Waals surface area contributed by atoms with Crippen LogP contribution >= 0.6 is 0 Å². The standard InChI is InChI=1S/C14H13F9NO7S3.C13H14F6O6S2.2C13H20O4S.C9H12OS.2C7H8OS.C6H6S/c1-3-8(2)9-4-6-10(7-5-9)31-34(29,30)13(19,20)11(15,16)12(17,18)32(25,26)24-33(27,28)14(21,22)23;1-3-8(2)9-4-6-10(7-5-9)25-27(23,24)13(18,19)11(14,15)12(16,17)26(20,21)22;2*1-3-11(2)12-5-7-13(8-6-12)17-9-4-10-18(14,15)16;1-2-10-7-8-3-5-9(11)6-4-8;2*1-8-6-3-2-4-7(9)5-6;7-6-4-2-1-3-5-6/h4-8H,3H2,1-2H3;4-8H,3H2,1-2H3,(H,20,21,22);2*5-8,11H,3-4,9-10H2,1-2H3,(H,14,15,16);3-6,11H,2,7H2,1H3;2*2-5,9H,1H3;1-5,7H/q-1;;;;;;;/p+1. The summed E-state index contributed by atoms with van der Waals surface area (Å²) in [5.74, 6) is -13.4. The Labute approximate surface area is 787 Å². The summed E-state index contributed by atoms with van der Waals surface area (Å²) in [5.41, 5.74) is -1.87. The van der Waals surface area contributed by atoms with Crippen LogP contribution in [0.2, 0.25) is 0 Å². The Bertz CT molecular complexity index is 5550. The van der Waals surface area contributed by atoms with E-state index in [1.165, 1.54) is 28.8 Å². The van der Waals surface area contributed by atoms with Gasteiger partial charge in [-0.25, -0.2) is 42.1 Å². The largest absolute Gasteiger partial charge is 0.748 e. The molecular formula is C82H102F15NO24S11. The molecule has 0 heterocycles. The summed E-state index contributed by atoms with van der Waals surface area (Å²) >= 11 is 13.5. The van der Waals surface area contributed by atoms with Crippen molar-refractivity contribution >= 4 is 121 Å². The van der Waals surface area contributed by atoms with Crippen LogP contribution in [0.25, 0.3) is 4.13 Å². The average Bonchev–Trinajstić information content (AvgIpc) is 0.717. The lowest BCUT2D eigenvalue weighted by atomic mass is 9.99. The van der Waals surface area contributed by atoms with Gasteiger partial charge < -0.3 is 49.8 Å². The summed E-state index contributed by atoms with van der Waals surface area (Å²) in [4.78, 5) is 4.30. The molecule has 8 rings (SSSR count). The van der Waals surface area contributed by atoms with Crippen molar-refractivity contribution in [1.29, 1.82) is 0 Å². The fourth-order valence-electron chi connectivity index (χ4n) is 9.34.